The molecule has 0 aromatic heterocycles. The van der Waals surface area contributed by atoms with Gasteiger partial charge < -0.3 is 10.1 Å². The minimum atomic E-state index is -3.84. The van der Waals surface area contributed by atoms with Crippen LogP contribution in [0, 0.1) is 0 Å². The van der Waals surface area contributed by atoms with Crippen molar-refractivity contribution in [1.29, 1.82) is 0 Å². The lowest BCUT2D eigenvalue weighted by molar-refractivity contribution is 0.121. The van der Waals surface area contributed by atoms with Gasteiger partial charge in [-0.15, -0.1) is 0 Å². The molecule has 1 atom stereocenters. The molecule has 7 nitrogen and oxygen atoms in total. The van der Waals surface area contributed by atoms with Crippen LogP contribution in [-0.4, -0.2) is 39.7 Å². The van der Waals surface area contributed by atoms with E-state index in [0.717, 1.165) is 19.4 Å². The Morgan fingerprint density at radius 2 is 2.18 bits per heavy atom. The first-order valence-corrected chi connectivity index (χ1v) is 7.09. The van der Waals surface area contributed by atoms with Crippen LogP contribution >= 0.6 is 0 Å². The SMILES string of the molecule is CC(C)OC(=O)NS(=O)(=O)NC1CCCNC1. The summed E-state index contributed by atoms with van der Waals surface area (Å²) in [5, 5.41) is 3.07. The van der Waals surface area contributed by atoms with Gasteiger partial charge in [0.05, 0.1) is 6.10 Å². The summed E-state index contributed by atoms with van der Waals surface area (Å²) in [6.45, 7) is 4.75. The van der Waals surface area contributed by atoms with Crippen molar-refractivity contribution in [1.82, 2.24) is 14.8 Å². The maximum Gasteiger partial charge on any atom is 0.422 e. The maximum atomic E-state index is 11.5. The lowest BCUT2D eigenvalue weighted by Gasteiger charge is -2.23. The van der Waals surface area contributed by atoms with Gasteiger partial charge in [0, 0.05) is 12.6 Å². The van der Waals surface area contributed by atoms with Crippen LogP contribution in [0.1, 0.15) is 26.7 Å². The molecule has 0 aromatic rings. The summed E-state index contributed by atoms with van der Waals surface area (Å²) in [6.07, 6.45) is 0.342. The van der Waals surface area contributed by atoms with Gasteiger partial charge in [-0.1, -0.05) is 0 Å². The summed E-state index contributed by atoms with van der Waals surface area (Å²) in [5.41, 5.74) is 0. The summed E-state index contributed by atoms with van der Waals surface area (Å²) >= 11 is 0. The zero-order chi connectivity index (χ0) is 12.9. The van der Waals surface area contributed by atoms with Crippen LogP contribution < -0.4 is 14.8 Å². The molecular weight excluding hydrogens is 246 g/mol. The molecule has 0 bridgehead atoms. The number of carbonyl (C=O) groups is 1. The summed E-state index contributed by atoms with van der Waals surface area (Å²) in [5.74, 6) is 0. The lowest BCUT2D eigenvalue weighted by atomic mass is 10.1. The second kappa shape index (κ2) is 6.18. The Hall–Kier alpha value is -0.860. The van der Waals surface area contributed by atoms with Crippen molar-refractivity contribution in [3.8, 4) is 0 Å². The molecule has 1 aliphatic rings. The van der Waals surface area contributed by atoms with E-state index in [4.69, 9.17) is 4.74 Å². The highest BCUT2D eigenvalue weighted by Gasteiger charge is 2.22. The Balaban J connectivity index is 2.42. The number of hydrogen-bond acceptors (Lipinski definition) is 5. The third-order valence-electron chi connectivity index (χ3n) is 2.18. The van der Waals surface area contributed by atoms with Crippen molar-refractivity contribution in [3.63, 3.8) is 0 Å². The van der Waals surface area contributed by atoms with Crippen LogP contribution in [0.4, 0.5) is 4.79 Å². The molecule has 1 unspecified atom stereocenters. The fraction of sp³-hybridized carbons (Fsp3) is 0.889. The standard InChI is InChI=1S/C9H19N3O4S/c1-7(2)16-9(13)12-17(14,15)11-8-4-3-5-10-6-8/h7-8,10-11H,3-6H2,1-2H3,(H,12,13). The number of amides is 1. The average Bonchev–Trinajstić information content (AvgIpc) is 2.15. The second-order valence-electron chi connectivity index (χ2n) is 4.22. The van der Waals surface area contributed by atoms with E-state index in [1.165, 1.54) is 0 Å². The zero-order valence-corrected chi connectivity index (χ0v) is 10.8. The summed E-state index contributed by atoms with van der Waals surface area (Å²) in [6, 6.07) is -0.187. The van der Waals surface area contributed by atoms with Gasteiger partial charge in [-0.05, 0) is 33.2 Å². The van der Waals surface area contributed by atoms with Crippen molar-refractivity contribution in [3.05, 3.63) is 0 Å². The average molecular weight is 265 g/mol. The number of hydrogen-bond donors (Lipinski definition) is 3. The third kappa shape index (κ3) is 5.85. The van der Waals surface area contributed by atoms with Crippen molar-refractivity contribution < 1.29 is 17.9 Å². The molecule has 17 heavy (non-hydrogen) atoms. The Morgan fingerprint density at radius 3 is 2.71 bits per heavy atom. The number of carbonyl (C=O) groups excluding carboxylic acids is 1. The van der Waals surface area contributed by atoms with E-state index in [0.29, 0.717) is 6.54 Å². The fourth-order valence-corrected chi connectivity index (χ4v) is 2.52. The monoisotopic (exact) mass is 265 g/mol. The van der Waals surface area contributed by atoms with Gasteiger partial charge >= 0.3 is 16.3 Å². The van der Waals surface area contributed by atoms with Gasteiger partial charge in [0.1, 0.15) is 0 Å². The van der Waals surface area contributed by atoms with Gasteiger partial charge in [-0.3, -0.25) is 0 Å². The lowest BCUT2D eigenvalue weighted by Crippen LogP contribution is -2.50. The molecule has 0 aromatic carbocycles. The van der Waals surface area contributed by atoms with E-state index >= 15 is 0 Å². The molecule has 1 aliphatic heterocycles. The number of nitrogens with one attached hydrogen (secondary N) is 3. The van der Waals surface area contributed by atoms with E-state index in [1.807, 2.05) is 4.72 Å². The first kappa shape index (κ1) is 14.2. The van der Waals surface area contributed by atoms with E-state index in [2.05, 4.69) is 10.0 Å². The quantitative estimate of drug-likeness (QED) is 0.649. The first-order valence-electron chi connectivity index (χ1n) is 5.60. The van der Waals surface area contributed by atoms with Gasteiger partial charge in [-0.2, -0.15) is 13.1 Å². The van der Waals surface area contributed by atoms with E-state index in [-0.39, 0.29) is 12.1 Å². The topological polar surface area (TPSA) is 96.5 Å². The van der Waals surface area contributed by atoms with Crippen LogP contribution in [0.25, 0.3) is 0 Å². The van der Waals surface area contributed by atoms with Crippen LogP contribution in [0.15, 0.2) is 0 Å². The Morgan fingerprint density at radius 1 is 1.47 bits per heavy atom. The molecule has 0 radical (unpaired) electrons. The maximum absolute atomic E-state index is 11.5. The van der Waals surface area contributed by atoms with Crippen molar-refractivity contribution in [2.75, 3.05) is 13.1 Å². The predicted octanol–water partition coefficient (Wildman–Crippen LogP) is -0.293. The summed E-state index contributed by atoms with van der Waals surface area (Å²) in [4.78, 5) is 11.1. The Kier molecular flexibility index (Phi) is 5.16. The normalized spacial score (nSPS) is 21.2. The third-order valence-corrected chi connectivity index (χ3v) is 3.26. The fourth-order valence-electron chi connectivity index (χ4n) is 1.55. The second-order valence-corrected chi connectivity index (χ2v) is 5.67. The molecule has 1 saturated heterocycles. The van der Waals surface area contributed by atoms with Gasteiger partial charge in [0.15, 0.2) is 0 Å². The van der Waals surface area contributed by atoms with E-state index in [9.17, 15) is 13.2 Å². The first-order chi connectivity index (χ1) is 7.89. The Labute approximate surface area is 101 Å². The molecule has 1 amide bonds. The van der Waals surface area contributed by atoms with Crippen LogP contribution in [0.3, 0.4) is 0 Å². The smallest absolute Gasteiger partial charge is 0.422 e. The van der Waals surface area contributed by atoms with Crippen molar-refractivity contribution >= 4 is 16.3 Å². The zero-order valence-electron chi connectivity index (χ0n) is 10.0. The molecule has 0 spiro atoms. The van der Waals surface area contributed by atoms with Crippen molar-refractivity contribution in [2.24, 2.45) is 0 Å². The molecule has 0 saturated carbocycles. The molecule has 3 N–H and O–H groups in total. The highest BCUT2D eigenvalue weighted by Crippen LogP contribution is 2.02. The van der Waals surface area contributed by atoms with E-state index < -0.39 is 16.3 Å². The van der Waals surface area contributed by atoms with Crippen LogP contribution in [-0.2, 0) is 14.9 Å². The molecule has 1 fully saturated rings. The molecule has 1 rings (SSSR count). The molecular formula is C9H19N3O4S. The molecule has 1 heterocycles. The largest absolute Gasteiger partial charge is 0.446 e. The Bertz CT molecular complexity index is 349. The van der Waals surface area contributed by atoms with Gasteiger partial charge in [0.25, 0.3) is 0 Å². The number of piperidine rings is 1. The summed E-state index contributed by atoms with van der Waals surface area (Å²) < 4.78 is 32.0. The summed E-state index contributed by atoms with van der Waals surface area (Å²) in [7, 11) is -3.84. The van der Waals surface area contributed by atoms with Crippen LogP contribution in [0.2, 0.25) is 0 Å². The van der Waals surface area contributed by atoms with Crippen LogP contribution in [0.5, 0.6) is 0 Å². The highest BCUT2D eigenvalue weighted by molar-refractivity contribution is 7.88. The minimum absolute atomic E-state index is 0.187. The predicted molar refractivity (Wildman–Crippen MR) is 62.7 cm³/mol. The van der Waals surface area contributed by atoms with Crippen molar-refractivity contribution in [2.45, 2.75) is 38.8 Å². The number of rotatable bonds is 4. The molecule has 0 aliphatic carbocycles. The minimum Gasteiger partial charge on any atom is -0.446 e. The van der Waals surface area contributed by atoms with E-state index in [1.54, 1.807) is 13.8 Å². The molecule has 100 valence electrons. The van der Waals surface area contributed by atoms with Gasteiger partial charge in [0.2, 0.25) is 0 Å². The van der Waals surface area contributed by atoms with Gasteiger partial charge in [-0.25, -0.2) is 9.52 Å². The number of ether oxygens (including phenoxy) is 1. The highest BCUT2D eigenvalue weighted by atomic mass is 32.2. The molecule has 8 heteroatoms.